The van der Waals surface area contributed by atoms with Crippen LogP contribution in [0.3, 0.4) is 0 Å². The van der Waals surface area contributed by atoms with E-state index >= 15 is 0 Å². The molecule has 25 heavy (non-hydrogen) atoms. The maximum absolute atomic E-state index is 12.5. The number of amides is 2. The van der Waals surface area contributed by atoms with Gasteiger partial charge in [-0.2, -0.15) is 0 Å². The van der Waals surface area contributed by atoms with Crippen molar-refractivity contribution in [2.75, 3.05) is 5.01 Å². The summed E-state index contributed by atoms with van der Waals surface area (Å²) in [7, 11) is 0. The first kappa shape index (κ1) is 16.8. The molecule has 7 nitrogen and oxygen atoms in total. The summed E-state index contributed by atoms with van der Waals surface area (Å²) in [6, 6.07) is 11.4. The molecule has 1 N–H and O–H groups in total. The van der Waals surface area contributed by atoms with Crippen LogP contribution in [-0.2, 0) is 9.59 Å². The van der Waals surface area contributed by atoms with Crippen molar-refractivity contribution < 1.29 is 14.5 Å². The van der Waals surface area contributed by atoms with E-state index in [4.69, 9.17) is 0 Å². The van der Waals surface area contributed by atoms with Crippen molar-refractivity contribution in [2.24, 2.45) is 0 Å². The van der Waals surface area contributed by atoms with Crippen LogP contribution in [0.2, 0.25) is 0 Å². The van der Waals surface area contributed by atoms with Crippen LogP contribution in [0.4, 0.5) is 11.4 Å². The number of hydrogen-bond acceptors (Lipinski definition) is 4. The molecule has 1 saturated heterocycles. The van der Waals surface area contributed by atoms with Crippen LogP contribution in [0.25, 0.3) is 6.08 Å². The second kappa shape index (κ2) is 6.48. The predicted molar refractivity (Wildman–Crippen MR) is 95.6 cm³/mol. The highest BCUT2D eigenvalue weighted by Crippen LogP contribution is 2.25. The van der Waals surface area contributed by atoms with Crippen molar-refractivity contribution in [1.29, 1.82) is 0 Å². The van der Waals surface area contributed by atoms with Gasteiger partial charge in [0.05, 0.1) is 10.6 Å². The lowest BCUT2D eigenvalue weighted by molar-refractivity contribution is -0.385. The number of carbonyl (C=O) groups is 2. The molecular formula is C17H12BrN3O4. The van der Waals surface area contributed by atoms with E-state index in [2.05, 4.69) is 21.4 Å². The number of nitrogens with zero attached hydrogens (tertiary/aromatic N) is 2. The van der Waals surface area contributed by atoms with E-state index < -0.39 is 16.7 Å². The fraction of sp³-hybridized carbons (Fsp3) is 0.0588. The molecular weight excluding hydrogens is 390 g/mol. The van der Waals surface area contributed by atoms with Crippen molar-refractivity contribution in [2.45, 2.75) is 6.92 Å². The Hall–Kier alpha value is -3.00. The third kappa shape index (κ3) is 3.29. The van der Waals surface area contributed by atoms with Crippen molar-refractivity contribution in [1.82, 2.24) is 5.43 Å². The molecule has 0 radical (unpaired) electrons. The van der Waals surface area contributed by atoms with Gasteiger partial charge in [0.25, 0.3) is 17.5 Å². The highest BCUT2D eigenvalue weighted by atomic mass is 79.9. The molecule has 8 heteroatoms. The van der Waals surface area contributed by atoms with Gasteiger partial charge in [-0.05, 0) is 42.8 Å². The summed E-state index contributed by atoms with van der Waals surface area (Å²) in [5.74, 6) is -1.08. The van der Waals surface area contributed by atoms with Gasteiger partial charge in [-0.15, -0.1) is 0 Å². The maximum atomic E-state index is 12.5. The number of halogens is 1. The second-order valence-corrected chi connectivity index (χ2v) is 6.33. The van der Waals surface area contributed by atoms with Gasteiger partial charge in [-0.25, -0.2) is 5.01 Å². The average Bonchev–Trinajstić information content (AvgIpc) is 2.85. The predicted octanol–water partition coefficient (Wildman–Crippen LogP) is 3.13. The fourth-order valence-corrected chi connectivity index (χ4v) is 2.67. The van der Waals surface area contributed by atoms with Gasteiger partial charge in [0.15, 0.2) is 0 Å². The van der Waals surface area contributed by atoms with Gasteiger partial charge >= 0.3 is 0 Å². The molecule has 0 aliphatic carbocycles. The topological polar surface area (TPSA) is 92.6 Å². The summed E-state index contributed by atoms with van der Waals surface area (Å²) < 4.78 is 0.844. The van der Waals surface area contributed by atoms with Crippen molar-refractivity contribution in [3.8, 4) is 0 Å². The van der Waals surface area contributed by atoms with E-state index in [1.165, 1.54) is 12.1 Å². The molecule has 126 valence electrons. The van der Waals surface area contributed by atoms with E-state index in [-0.39, 0.29) is 11.3 Å². The number of nitro benzene ring substituents is 1. The number of benzene rings is 2. The second-order valence-electron chi connectivity index (χ2n) is 5.42. The summed E-state index contributed by atoms with van der Waals surface area (Å²) in [5.41, 5.74) is 3.77. The van der Waals surface area contributed by atoms with E-state index in [9.17, 15) is 19.7 Å². The van der Waals surface area contributed by atoms with E-state index in [1.54, 1.807) is 43.3 Å². The first-order chi connectivity index (χ1) is 11.9. The van der Waals surface area contributed by atoms with Gasteiger partial charge in [0.2, 0.25) is 0 Å². The Morgan fingerprint density at radius 1 is 1.16 bits per heavy atom. The van der Waals surface area contributed by atoms with Gasteiger partial charge in [0, 0.05) is 16.1 Å². The average molecular weight is 402 g/mol. The van der Waals surface area contributed by atoms with E-state index in [1.807, 2.05) is 0 Å². The quantitative estimate of drug-likeness (QED) is 0.370. The third-order valence-corrected chi connectivity index (χ3v) is 4.25. The minimum atomic E-state index is -0.559. The summed E-state index contributed by atoms with van der Waals surface area (Å²) in [6.45, 7) is 1.62. The number of nitro groups is 1. The van der Waals surface area contributed by atoms with E-state index in [0.717, 1.165) is 9.48 Å². The van der Waals surface area contributed by atoms with Gasteiger partial charge < -0.3 is 0 Å². The first-order valence-electron chi connectivity index (χ1n) is 7.24. The molecule has 1 fully saturated rings. The molecule has 2 amide bonds. The Morgan fingerprint density at radius 2 is 1.84 bits per heavy atom. The Morgan fingerprint density at radius 3 is 2.48 bits per heavy atom. The SMILES string of the molecule is Cc1ccc(C=C2C(=O)NN(c3ccc(Br)cc3)C2=O)cc1[N+](=O)[O-]. The minimum absolute atomic E-state index is 0.0648. The molecule has 0 aromatic heterocycles. The molecule has 0 bridgehead atoms. The Bertz CT molecular complexity index is 922. The first-order valence-corrected chi connectivity index (χ1v) is 8.04. The molecule has 3 rings (SSSR count). The van der Waals surface area contributed by atoms with Crippen molar-refractivity contribution >= 4 is 45.2 Å². The molecule has 1 aliphatic rings. The minimum Gasteiger partial charge on any atom is -0.267 e. The molecule has 0 atom stereocenters. The molecule has 2 aromatic carbocycles. The molecule has 1 heterocycles. The Kier molecular flexibility index (Phi) is 4.37. The number of carbonyl (C=O) groups excluding carboxylic acids is 2. The highest BCUT2D eigenvalue weighted by Gasteiger charge is 2.34. The van der Waals surface area contributed by atoms with Crippen LogP contribution in [0.15, 0.2) is 52.5 Å². The largest absolute Gasteiger partial charge is 0.282 e. The van der Waals surface area contributed by atoms with Gasteiger partial charge in [-0.1, -0.05) is 28.1 Å². The third-order valence-electron chi connectivity index (χ3n) is 3.72. The lowest BCUT2D eigenvalue weighted by Crippen LogP contribution is -2.35. The number of aryl methyl sites for hydroxylation is 1. The fourth-order valence-electron chi connectivity index (χ4n) is 2.41. The Balaban J connectivity index is 1.95. The summed E-state index contributed by atoms with van der Waals surface area (Å²) in [6.07, 6.45) is 1.35. The number of anilines is 1. The van der Waals surface area contributed by atoms with Crippen LogP contribution in [-0.4, -0.2) is 16.7 Å². The number of nitrogens with one attached hydrogen (secondary N) is 1. The number of hydrogen-bond donors (Lipinski definition) is 1. The smallest absolute Gasteiger partial charge is 0.267 e. The van der Waals surface area contributed by atoms with Gasteiger partial charge in [-0.3, -0.25) is 25.1 Å². The summed E-state index contributed by atoms with van der Waals surface area (Å²) in [4.78, 5) is 35.2. The van der Waals surface area contributed by atoms with Crippen LogP contribution in [0.1, 0.15) is 11.1 Å². The van der Waals surface area contributed by atoms with Crippen LogP contribution < -0.4 is 10.4 Å². The lowest BCUT2D eigenvalue weighted by Gasteiger charge is -2.14. The van der Waals surface area contributed by atoms with E-state index in [0.29, 0.717) is 16.8 Å². The van der Waals surface area contributed by atoms with Crippen LogP contribution >= 0.6 is 15.9 Å². The zero-order chi connectivity index (χ0) is 18.1. The number of rotatable bonds is 3. The standard InChI is InChI=1S/C17H12BrN3O4/c1-10-2-3-11(9-15(10)21(24)25)8-14-16(22)19-20(17(14)23)13-6-4-12(18)5-7-13/h2-9H,1H3,(H,19,22). The van der Waals surface area contributed by atoms with Gasteiger partial charge in [0.1, 0.15) is 5.57 Å². The summed E-state index contributed by atoms with van der Waals surface area (Å²) >= 11 is 3.30. The van der Waals surface area contributed by atoms with Crippen molar-refractivity contribution in [3.05, 3.63) is 73.8 Å². The monoisotopic (exact) mass is 401 g/mol. The number of hydrazine groups is 1. The molecule has 0 saturated carbocycles. The normalized spacial score (nSPS) is 15.6. The summed E-state index contributed by atoms with van der Waals surface area (Å²) in [5, 5.41) is 12.2. The molecule has 1 aliphatic heterocycles. The molecule has 2 aromatic rings. The van der Waals surface area contributed by atoms with Crippen molar-refractivity contribution in [3.63, 3.8) is 0 Å². The molecule has 0 unspecified atom stereocenters. The Labute approximate surface area is 151 Å². The van der Waals surface area contributed by atoms with Crippen LogP contribution in [0.5, 0.6) is 0 Å². The molecule has 0 spiro atoms. The maximum Gasteiger partial charge on any atom is 0.282 e. The van der Waals surface area contributed by atoms with Crippen LogP contribution in [0, 0.1) is 17.0 Å². The highest BCUT2D eigenvalue weighted by molar-refractivity contribution is 9.10. The zero-order valence-corrected chi connectivity index (χ0v) is 14.6. The zero-order valence-electron chi connectivity index (χ0n) is 13.0. The lowest BCUT2D eigenvalue weighted by atomic mass is 10.1.